The van der Waals surface area contributed by atoms with Crippen LogP contribution in [-0.4, -0.2) is 26.9 Å². The number of fused-ring (bicyclic) bond motifs is 1. The summed E-state index contributed by atoms with van der Waals surface area (Å²) in [5.41, 5.74) is 0.587. The van der Waals surface area contributed by atoms with Gasteiger partial charge in [-0.2, -0.15) is 0 Å². The van der Waals surface area contributed by atoms with E-state index in [2.05, 4.69) is 11.6 Å². The Kier molecular flexibility index (Phi) is 3.86. The number of cyclic esters (lactones) is 1. The Balaban J connectivity index is 2.04. The molecule has 2 atom stereocenters. The largest absolute Gasteiger partial charge is 0.462 e. The molecule has 0 amide bonds. The van der Waals surface area contributed by atoms with Gasteiger partial charge >= 0.3 is 5.97 Å². The van der Waals surface area contributed by atoms with Crippen LogP contribution < -0.4 is 5.56 Å². The molecule has 0 aliphatic carbocycles. The molecule has 0 aromatic carbocycles. The second-order valence-electron chi connectivity index (χ2n) is 4.82. The van der Waals surface area contributed by atoms with E-state index in [1.54, 1.807) is 10.6 Å². The summed E-state index contributed by atoms with van der Waals surface area (Å²) >= 11 is 2.67. The van der Waals surface area contributed by atoms with Crippen LogP contribution in [-0.2, 0) is 16.1 Å². The Bertz CT molecular complexity index is 765. The van der Waals surface area contributed by atoms with E-state index in [1.807, 2.05) is 18.4 Å². The SMILES string of the molecule is C=CCn1c(S[C@@H]2C[C@H](C)OC2=O)nc2ccsc2c1=O. The normalized spacial score (nSPS) is 21.7. The summed E-state index contributed by atoms with van der Waals surface area (Å²) in [6.07, 6.45) is 2.21. The van der Waals surface area contributed by atoms with Crippen molar-refractivity contribution >= 4 is 39.3 Å². The van der Waals surface area contributed by atoms with Gasteiger partial charge in [-0.05, 0) is 18.4 Å². The maximum atomic E-state index is 12.5. The summed E-state index contributed by atoms with van der Waals surface area (Å²) in [6, 6.07) is 1.82. The Hall–Kier alpha value is -1.60. The maximum absolute atomic E-state index is 12.5. The van der Waals surface area contributed by atoms with Crippen molar-refractivity contribution in [2.45, 2.75) is 36.4 Å². The fourth-order valence-corrected chi connectivity index (χ4v) is 4.23. The number of nitrogens with zero attached hydrogens (tertiary/aromatic N) is 2. The number of allylic oxidation sites excluding steroid dienone is 1. The Morgan fingerprint density at radius 1 is 1.62 bits per heavy atom. The lowest BCUT2D eigenvalue weighted by Gasteiger charge is -2.11. The van der Waals surface area contributed by atoms with E-state index in [1.165, 1.54) is 23.1 Å². The Morgan fingerprint density at radius 3 is 3.10 bits per heavy atom. The zero-order chi connectivity index (χ0) is 15.0. The van der Waals surface area contributed by atoms with Crippen LogP contribution in [0.25, 0.3) is 10.2 Å². The second kappa shape index (κ2) is 5.65. The molecule has 110 valence electrons. The van der Waals surface area contributed by atoms with E-state index in [4.69, 9.17) is 4.74 Å². The van der Waals surface area contributed by atoms with Gasteiger partial charge in [0.05, 0.1) is 5.52 Å². The molecule has 0 N–H and O–H groups in total. The number of carbonyl (C=O) groups excluding carboxylic acids is 1. The molecule has 1 saturated heterocycles. The third-order valence-corrected chi connectivity index (χ3v) is 5.30. The average Bonchev–Trinajstić information content (AvgIpc) is 3.01. The molecule has 0 spiro atoms. The minimum Gasteiger partial charge on any atom is -0.462 e. The fourth-order valence-electron chi connectivity index (χ4n) is 2.25. The van der Waals surface area contributed by atoms with E-state index < -0.39 is 0 Å². The zero-order valence-electron chi connectivity index (χ0n) is 11.4. The molecule has 0 bridgehead atoms. The molecule has 2 aromatic rings. The van der Waals surface area contributed by atoms with Crippen LogP contribution in [0.5, 0.6) is 0 Å². The molecule has 3 heterocycles. The molecule has 0 saturated carbocycles. The molecular formula is C14H14N2O3S2. The van der Waals surface area contributed by atoms with E-state index >= 15 is 0 Å². The maximum Gasteiger partial charge on any atom is 0.319 e. The van der Waals surface area contributed by atoms with Gasteiger partial charge in [0.15, 0.2) is 5.16 Å². The van der Waals surface area contributed by atoms with Crippen molar-refractivity contribution in [3.8, 4) is 0 Å². The van der Waals surface area contributed by atoms with Gasteiger partial charge < -0.3 is 4.74 Å². The number of esters is 1. The number of aromatic nitrogens is 2. The molecule has 3 rings (SSSR count). The van der Waals surface area contributed by atoms with Crippen molar-refractivity contribution in [3.05, 3.63) is 34.5 Å². The van der Waals surface area contributed by atoms with Crippen LogP contribution in [0.2, 0.25) is 0 Å². The quantitative estimate of drug-likeness (QED) is 0.491. The lowest BCUT2D eigenvalue weighted by molar-refractivity contribution is -0.140. The molecule has 7 heteroatoms. The van der Waals surface area contributed by atoms with Gasteiger partial charge in [0.1, 0.15) is 16.1 Å². The first-order chi connectivity index (χ1) is 10.1. The standard InChI is InChI=1S/C14H14N2O3S2/c1-3-5-16-12(17)11-9(4-6-20-11)15-14(16)21-10-7-8(2)19-13(10)18/h3-4,6,8,10H,1,5,7H2,2H3/t8-,10+/m0/s1. The van der Waals surface area contributed by atoms with E-state index in [-0.39, 0.29) is 22.9 Å². The number of rotatable bonds is 4. The molecule has 1 fully saturated rings. The second-order valence-corrected chi connectivity index (χ2v) is 6.91. The highest BCUT2D eigenvalue weighted by Gasteiger charge is 2.34. The topological polar surface area (TPSA) is 61.2 Å². The summed E-state index contributed by atoms with van der Waals surface area (Å²) in [5.74, 6) is -0.239. The van der Waals surface area contributed by atoms with Crippen molar-refractivity contribution in [1.29, 1.82) is 0 Å². The summed E-state index contributed by atoms with van der Waals surface area (Å²) in [4.78, 5) is 28.8. The number of thioether (sulfide) groups is 1. The van der Waals surface area contributed by atoms with Crippen molar-refractivity contribution in [3.63, 3.8) is 0 Å². The van der Waals surface area contributed by atoms with Crippen LogP contribution >= 0.6 is 23.1 Å². The lowest BCUT2D eigenvalue weighted by Crippen LogP contribution is -2.23. The summed E-state index contributed by atoms with van der Waals surface area (Å²) < 4.78 is 7.35. The minimum atomic E-state index is -0.306. The van der Waals surface area contributed by atoms with Crippen LogP contribution in [0.15, 0.2) is 34.1 Å². The summed E-state index contributed by atoms with van der Waals surface area (Å²) in [6.45, 7) is 5.92. The third-order valence-electron chi connectivity index (χ3n) is 3.22. The van der Waals surface area contributed by atoms with Gasteiger partial charge in [-0.15, -0.1) is 17.9 Å². The lowest BCUT2D eigenvalue weighted by atomic mass is 10.3. The predicted molar refractivity (Wildman–Crippen MR) is 83.9 cm³/mol. The smallest absolute Gasteiger partial charge is 0.319 e. The van der Waals surface area contributed by atoms with Crippen molar-refractivity contribution in [2.24, 2.45) is 0 Å². The third kappa shape index (κ3) is 2.63. The highest BCUT2D eigenvalue weighted by atomic mass is 32.2. The fraction of sp³-hybridized carbons (Fsp3) is 0.357. The summed E-state index contributed by atoms with van der Waals surface area (Å²) in [5, 5.41) is 2.08. The number of carbonyl (C=O) groups is 1. The van der Waals surface area contributed by atoms with E-state index in [0.29, 0.717) is 28.3 Å². The molecule has 2 aromatic heterocycles. The molecule has 0 unspecified atom stereocenters. The first-order valence-corrected chi connectivity index (χ1v) is 8.32. The Labute approximate surface area is 129 Å². The Morgan fingerprint density at radius 2 is 2.43 bits per heavy atom. The van der Waals surface area contributed by atoms with Crippen molar-refractivity contribution < 1.29 is 9.53 Å². The van der Waals surface area contributed by atoms with Gasteiger partial charge in [-0.1, -0.05) is 17.8 Å². The number of hydrogen-bond donors (Lipinski definition) is 0. The number of thiophene rings is 1. The minimum absolute atomic E-state index is 0.0838. The van der Waals surface area contributed by atoms with Gasteiger partial charge in [-0.3, -0.25) is 14.2 Å². The molecule has 21 heavy (non-hydrogen) atoms. The molecule has 1 aliphatic rings. The molecule has 0 radical (unpaired) electrons. The first kappa shape index (κ1) is 14.3. The van der Waals surface area contributed by atoms with Gasteiger partial charge in [-0.25, -0.2) is 4.98 Å². The first-order valence-electron chi connectivity index (χ1n) is 6.56. The van der Waals surface area contributed by atoms with E-state index in [9.17, 15) is 9.59 Å². The number of ether oxygens (including phenoxy) is 1. The van der Waals surface area contributed by atoms with Crippen LogP contribution in [0.1, 0.15) is 13.3 Å². The number of hydrogen-bond acceptors (Lipinski definition) is 6. The molecular weight excluding hydrogens is 308 g/mol. The van der Waals surface area contributed by atoms with Crippen molar-refractivity contribution in [2.75, 3.05) is 0 Å². The highest BCUT2D eigenvalue weighted by molar-refractivity contribution is 8.00. The molecule has 5 nitrogen and oxygen atoms in total. The van der Waals surface area contributed by atoms with E-state index in [0.717, 1.165) is 0 Å². The molecule has 1 aliphatic heterocycles. The summed E-state index contributed by atoms with van der Waals surface area (Å²) in [7, 11) is 0. The van der Waals surface area contributed by atoms with Gasteiger partial charge in [0.25, 0.3) is 5.56 Å². The highest BCUT2D eigenvalue weighted by Crippen LogP contribution is 2.31. The van der Waals surface area contributed by atoms with Crippen LogP contribution in [0.3, 0.4) is 0 Å². The predicted octanol–water partition coefficient (Wildman–Crippen LogP) is 2.44. The zero-order valence-corrected chi connectivity index (χ0v) is 13.1. The van der Waals surface area contributed by atoms with Gasteiger partial charge in [0.2, 0.25) is 0 Å². The van der Waals surface area contributed by atoms with Crippen LogP contribution in [0.4, 0.5) is 0 Å². The van der Waals surface area contributed by atoms with Crippen LogP contribution in [0, 0.1) is 0 Å². The van der Waals surface area contributed by atoms with Gasteiger partial charge in [0, 0.05) is 13.0 Å². The van der Waals surface area contributed by atoms with Crippen molar-refractivity contribution in [1.82, 2.24) is 9.55 Å². The monoisotopic (exact) mass is 322 g/mol. The average molecular weight is 322 g/mol.